The van der Waals surface area contributed by atoms with Crippen LogP contribution in [0, 0.1) is 0 Å². The number of halogens is 3. The molecule has 1 saturated heterocycles. The second kappa shape index (κ2) is 8.91. The van der Waals surface area contributed by atoms with Gasteiger partial charge in [0.2, 0.25) is 5.91 Å². The third-order valence-corrected chi connectivity index (χ3v) is 5.66. The molecule has 0 saturated carbocycles. The van der Waals surface area contributed by atoms with E-state index >= 15 is 0 Å². The van der Waals surface area contributed by atoms with Gasteiger partial charge in [-0.25, -0.2) is 0 Å². The van der Waals surface area contributed by atoms with Crippen molar-refractivity contribution in [3.63, 3.8) is 0 Å². The molecular formula is C21H18F3NO4S. The van der Waals surface area contributed by atoms with Gasteiger partial charge in [0, 0.05) is 6.42 Å². The Balaban J connectivity index is 1.69. The van der Waals surface area contributed by atoms with Gasteiger partial charge in [0.25, 0.3) is 5.24 Å². The summed E-state index contributed by atoms with van der Waals surface area (Å²) in [5.74, 6) is -0.222. The highest BCUT2D eigenvalue weighted by Crippen LogP contribution is 2.30. The number of thioether (sulfide) groups is 1. The Kier molecular flexibility index (Phi) is 6.50. The van der Waals surface area contributed by atoms with E-state index in [1.54, 1.807) is 18.2 Å². The number of Topliss-reactive ketones (excluding diaryl/α,β-unsaturated/α-hetero) is 1. The Morgan fingerprint density at radius 1 is 1.10 bits per heavy atom. The highest BCUT2D eigenvalue weighted by Gasteiger charge is 2.32. The molecule has 3 rings (SSSR count). The van der Waals surface area contributed by atoms with E-state index < -0.39 is 22.2 Å². The van der Waals surface area contributed by atoms with E-state index in [0.717, 1.165) is 23.9 Å². The first kappa shape index (κ1) is 21.9. The number of imide groups is 1. The summed E-state index contributed by atoms with van der Waals surface area (Å²) in [6.07, 6.45) is -3.76. The van der Waals surface area contributed by atoms with E-state index in [1.807, 2.05) is 0 Å². The van der Waals surface area contributed by atoms with Crippen LogP contribution in [0.1, 0.15) is 33.5 Å². The average Bonchev–Trinajstić information content (AvgIpc) is 3.02. The van der Waals surface area contributed by atoms with E-state index in [0.29, 0.717) is 22.4 Å². The van der Waals surface area contributed by atoms with Gasteiger partial charge in [0.05, 0.1) is 23.5 Å². The number of ether oxygens (including phenoxy) is 1. The molecule has 1 atom stereocenters. The van der Waals surface area contributed by atoms with Crippen LogP contribution in [0.5, 0.6) is 5.75 Å². The monoisotopic (exact) mass is 437 g/mol. The van der Waals surface area contributed by atoms with Gasteiger partial charge in [-0.2, -0.15) is 13.2 Å². The van der Waals surface area contributed by atoms with Gasteiger partial charge >= 0.3 is 6.18 Å². The van der Waals surface area contributed by atoms with Crippen LogP contribution in [0.4, 0.5) is 18.0 Å². The Morgan fingerprint density at radius 3 is 2.33 bits per heavy atom. The van der Waals surface area contributed by atoms with Crippen LogP contribution >= 0.6 is 11.8 Å². The molecule has 9 heteroatoms. The molecule has 30 heavy (non-hydrogen) atoms. The van der Waals surface area contributed by atoms with Crippen molar-refractivity contribution in [2.24, 2.45) is 0 Å². The first-order valence-corrected chi connectivity index (χ1v) is 9.93. The van der Waals surface area contributed by atoms with Gasteiger partial charge in [-0.3, -0.25) is 19.7 Å². The second-order valence-corrected chi connectivity index (χ2v) is 7.92. The fourth-order valence-corrected chi connectivity index (χ4v) is 3.95. The fourth-order valence-electron chi connectivity index (χ4n) is 3.09. The quantitative estimate of drug-likeness (QED) is 0.649. The molecular weight excluding hydrogens is 419 g/mol. The van der Waals surface area contributed by atoms with Crippen LogP contribution in [-0.2, 0) is 23.8 Å². The highest BCUT2D eigenvalue weighted by molar-refractivity contribution is 8.15. The summed E-state index contributed by atoms with van der Waals surface area (Å²) in [5.41, 5.74) is 0.913. The van der Waals surface area contributed by atoms with Crippen molar-refractivity contribution in [3.05, 3.63) is 64.7 Å². The summed E-state index contributed by atoms with van der Waals surface area (Å²) in [5, 5.41) is 1.27. The summed E-state index contributed by atoms with van der Waals surface area (Å²) in [4.78, 5) is 35.8. The zero-order valence-corrected chi connectivity index (χ0v) is 16.7. The number of nitrogens with one attached hydrogen (secondary N) is 1. The second-order valence-electron chi connectivity index (χ2n) is 6.74. The van der Waals surface area contributed by atoms with Crippen molar-refractivity contribution in [2.75, 3.05) is 7.11 Å². The van der Waals surface area contributed by atoms with Crippen molar-refractivity contribution in [3.8, 4) is 5.75 Å². The van der Waals surface area contributed by atoms with Gasteiger partial charge < -0.3 is 4.74 Å². The summed E-state index contributed by atoms with van der Waals surface area (Å²) in [6.45, 7) is 0. The topological polar surface area (TPSA) is 72.5 Å². The minimum atomic E-state index is -4.40. The lowest BCUT2D eigenvalue weighted by atomic mass is 9.98. The van der Waals surface area contributed by atoms with E-state index in [1.165, 1.54) is 19.2 Å². The zero-order chi connectivity index (χ0) is 21.9. The number of alkyl halides is 3. The van der Waals surface area contributed by atoms with Crippen molar-refractivity contribution < 1.29 is 32.3 Å². The van der Waals surface area contributed by atoms with E-state index in [9.17, 15) is 27.6 Å². The van der Waals surface area contributed by atoms with E-state index in [2.05, 4.69) is 5.32 Å². The number of rotatable bonds is 7. The molecule has 0 spiro atoms. The normalized spacial score (nSPS) is 16.5. The van der Waals surface area contributed by atoms with Crippen molar-refractivity contribution in [2.45, 2.75) is 30.7 Å². The Morgan fingerprint density at radius 2 is 1.77 bits per heavy atom. The van der Waals surface area contributed by atoms with Gasteiger partial charge in [-0.1, -0.05) is 30.0 Å². The number of amides is 2. The van der Waals surface area contributed by atoms with Crippen LogP contribution in [0.2, 0.25) is 0 Å². The summed E-state index contributed by atoms with van der Waals surface area (Å²) >= 11 is 0.907. The highest BCUT2D eigenvalue weighted by atomic mass is 32.2. The molecule has 2 aromatic carbocycles. The van der Waals surface area contributed by atoms with Gasteiger partial charge in [0.1, 0.15) is 5.75 Å². The number of carbonyl (C=O) groups is 3. The molecule has 0 bridgehead atoms. The van der Waals surface area contributed by atoms with Crippen LogP contribution in [-0.4, -0.2) is 29.3 Å². The van der Waals surface area contributed by atoms with Crippen LogP contribution in [0.15, 0.2) is 42.5 Å². The summed E-state index contributed by atoms with van der Waals surface area (Å²) in [7, 11) is 1.43. The molecule has 1 aliphatic rings. The molecule has 0 aliphatic carbocycles. The third kappa shape index (κ3) is 5.21. The lowest BCUT2D eigenvalue weighted by Gasteiger charge is -2.12. The van der Waals surface area contributed by atoms with Crippen molar-refractivity contribution in [1.82, 2.24) is 5.32 Å². The minimum Gasteiger partial charge on any atom is -0.496 e. The average molecular weight is 437 g/mol. The summed E-state index contributed by atoms with van der Waals surface area (Å²) in [6, 6.07) is 9.68. The SMILES string of the molecule is COc1ccc(CC2SC(=O)NC2=O)cc1C(=O)CCc1ccc(C(F)(F)F)cc1. The molecule has 1 fully saturated rings. The fraction of sp³-hybridized carbons (Fsp3) is 0.286. The number of aryl methyl sites for hydroxylation is 1. The van der Waals surface area contributed by atoms with Crippen molar-refractivity contribution in [1.29, 1.82) is 0 Å². The maximum atomic E-state index is 12.7. The molecule has 2 aromatic rings. The van der Waals surface area contributed by atoms with Crippen LogP contribution in [0.3, 0.4) is 0 Å². The molecule has 158 valence electrons. The van der Waals surface area contributed by atoms with Crippen LogP contribution < -0.4 is 10.1 Å². The van der Waals surface area contributed by atoms with E-state index in [-0.39, 0.29) is 31.0 Å². The maximum absolute atomic E-state index is 12.7. The summed E-state index contributed by atoms with van der Waals surface area (Å²) < 4.78 is 43.2. The minimum absolute atomic E-state index is 0.0856. The predicted octanol–water partition coefficient (Wildman–Crippen LogP) is 4.42. The molecule has 0 aromatic heterocycles. The number of benzene rings is 2. The van der Waals surface area contributed by atoms with Gasteiger partial charge in [-0.15, -0.1) is 0 Å². The number of ketones is 1. The maximum Gasteiger partial charge on any atom is 0.416 e. The van der Waals surface area contributed by atoms with E-state index in [4.69, 9.17) is 4.74 Å². The number of methoxy groups -OCH3 is 1. The molecule has 1 aliphatic heterocycles. The molecule has 1 unspecified atom stereocenters. The Bertz CT molecular complexity index is 973. The Labute approximate surface area is 175 Å². The number of hydrogen-bond donors (Lipinski definition) is 1. The standard InChI is InChI=1S/C21H18F3NO4S/c1-29-17-9-5-13(11-18-19(27)25-20(28)30-18)10-15(17)16(26)8-4-12-2-6-14(7-3-12)21(22,23)24/h2-3,5-7,9-10,18H,4,8,11H2,1H3,(H,25,27,28). The zero-order valence-electron chi connectivity index (χ0n) is 15.9. The molecule has 2 amide bonds. The molecule has 1 heterocycles. The predicted molar refractivity (Wildman–Crippen MR) is 106 cm³/mol. The third-order valence-electron chi connectivity index (χ3n) is 4.67. The largest absolute Gasteiger partial charge is 0.496 e. The lowest BCUT2D eigenvalue weighted by Crippen LogP contribution is -2.25. The molecule has 1 N–H and O–H groups in total. The van der Waals surface area contributed by atoms with Gasteiger partial charge in [-0.05, 0) is 48.2 Å². The Hall–Kier alpha value is -2.81. The first-order valence-electron chi connectivity index (χ1n) is 9.05. The number of carbonyl (C=O) groups excluding carboxylic acids is 3. The first-order chi connectivity index (χ1) is 14.2. The van der Waals surface area contributed by atoms with Crippen LogP contribution in [0.25, 0.3) is 0 Å². The number of hydrogen-bond acceptors (Lipinski definition) is 5. The molecule has 5 nitrogen and oxygen atoms in total. The lowest BCUT2D eigenvalue weighted by molar-refractivity contribution is -0.137. The molecule has 0 radical (unpaired) electrons. The smallest absolute Gasteiger partial charge is 0.416 e. The van der Waals surface area contributed by atoms with Crippen molar-refractivity contribution >= 4 is 28.7 Å². The van der Waals surface area contributed by atoms with Gasteiger partial charge in [0.15, 0.2) is 5.78 Å².